The van der Waals surface area contributed by atoms with Gasteiger partial charge in [0.2, 0.25) is 0 Å². The Morgan fingerprint density at radius 3 is 2.36 bits per heavy atom. The molecule has 0 aliphatic carbocycles. The molecule has 0 radical (unpaired) electrons. The Morgan fingerprint density at radius 2 is 1.84 bits per heavy atom. The van der Waals surface area contributed by atoms with Crippen molar-refractivity contribution in [3.05, 3.63) is 59.0 Å². The Hall–Kier alpha value is -2.03. The number of nitrogens with one attached hydrogen (secondary N) is 1. The van der Waals surface area contributed by atoms with Crippen LogP contribution < -0.4 is 11.1 Å². The van der Waals surface area contributed by atoms with Gasteiger partial charge < -0.3 is 20.4 Å². The average molecular weight is 456 g/mol. The summed E-state index contributed by atoms with van der Waals surface area (Å²) in [6, 6.07) is 11.9. The van der Waals surface area contributed by atoms with Crippen LogP contribution in [0.3, 0.4) is 0 Å². The molecule has 1 heterocycles. The maximum Gasteiger partial charge on any atom is 0.284 e. The monoisotopic (exact) mass is 456 g/mol. The summed E-state index contributed by atoms with van der Waals surface area (Å²) in [5.74, 6) is 0.960. The van der Waals surface area contributed by atoms with Crippen molar-refractivity contribution in [3.8, 4) is 0 Å². The molecule has 2 rings (SSSR count). The topological polar surface area (TPSA) is 83.9 Å². The Bertz CT molecular complexity index is 710. The minimum absolute atomic E-state index is 0. The first-order valence-electron chi connectivity index (χ1n) is 7.91. The second-order valence-electron chi connectivity index (χ2n) is 5.56. The zero-order chi connectivity index (χ0) is 17.5. The van der Waals surface area contributed by atoms with Crippen LogP contribution in [0.5, 0.6) is 0 Å². The van der Waals surface area contributed by atoms with Crippen LogP contribution in [0.2, 0.25) is 0 Å². The Labute approximate surface area is 165 Å². The van der Waals surface area contributed by atoms with Crippen molar-refractivity contribution in [2.45, 2.75) is 26.4 Å². The molecule has 2 aromatic rings. The molecule has 0 bridgehead atoms. The molecule has 136 valence electrons. The number of carbonyl (C=O) groups is 1. The Morgan fingerprint density at radius 1 is 1.20 bits per heavy atom. The van der Waals surface area contributed by atoms with Crippen LogP contribution in [0, 0.1) is 0 Å². The summed E-state index contributed by atoms with van der Waals surface area (Å²) >= 11 is 0. The number of nitrogens with two attached hydrogens (primary N) is 1. The Balaban J connectivity index is 0.00000312. The van der Waals surface area contributed by atoms with E-state index >= 15 is 0 Å². The van der Waals surface area contributed by atoms with Gasteiger partial charge >= 0.3 is 0 Å². The summed E-state index contributed by atoms with van der Waals surface area (Å²) in [6.45, 7) is 3.32. The molecule has 3 N–H and O–H groups in total. The standard InChI is InChI=1S/C18H24N4O2.HI/c1-4-13-5-7-14(8-6-13)12-22(3)18(20-2)21-11-15-9-10-16(24-15)17(19)23;/h5-10H,4,11-12H2,1-3H3,(H2,19,23)(H,20,21);1H. The number of hydrogen-bond acceptors (Lipinski definition) is 3. The molecule has 0 saturated heterocycles. The molecule has 0 atom stereocenters. The van der Waals surface area contributed by atoms with E-state index in [1.807, 2.05) is 11.9 Å². The zero-order valence-corrected chi connectivity index (χ0v) is 17.1. The number of nitrogens with zero attached hydrogens (tertiary/aromatic N) is 2. The second-order valence-corrected chi connectivity index (χ2v) is 5.56. The summed E-state index contributed by atoms with van der Waals surface area (Å²) in [4.78, 5) is 17.3. The lowest BCUT2D eigenvalue weighted by Crippen LogP contribution is -2.37. The third-order valence-corrected chi connectivity index (χ3v) is 3.75. The number of aryl methyl sites for hydroxylation is 1. The normalized spacial score (nSPS) is 10.9. The van der Waals surface area contributed by atoms with Crippen molar-refractivity contribution in [2.24, 2.45) is 10.7 Å². The molecule has 0 aliphatic rings. The number of aliphatic imine (C=N–C) groups is 1. The lowest BCUT2D eigenvalue weighted by atomic mass is 10.1. The number of carbonyl (C=O) groups excluding carboxylic acids is 1. The van der Waals surface area contributed by atoms with Gasteiger partial charge in [-0.1, -0.05) is 31.2 Å². The maximum absolute atomic E-state index is 11.0. The third kappa shape index (κ3) is 6.08. The largest absolute Gasteiger partial charge is 0.454 e. The highest BCUT2D eigenvalue weighted by molar-refractivity contribution is 14.0. The average Bonchev–Trinajstić information content (AvgIpc) is 3.05. The van der Waals surface area contributed by atoms with E-state index in [2.05, 4.69) is 41.5 Å². The van der Waals surface area contributed by atoms with Crippen molar-refractivity contribution in [1.82, 2.24) is 10.2 Å². The van der Waals surface area contributed by atoms with Crippen molar-refractivity contribution in [2.75, 3.05) is 14.1 Å². The fraction of sp³-hybridized carbons (Fsp3) is 0.333. The van der Waals surface area contributed by atoms with Gasteiger partial charge in [0.25, 0.3) is 5.91 Å². The quantitative estimate of drug-likeness (QED) is 0.398. The molecular formula is C18H25IN4O2. The first kappa shape index (κ1) is 21.0. The summed E-state index contributed by atoms with van der Waals surface area (Å²) in [5.41, 5.74) is 7.72. The molecular weight excluding hydrogens is 431 g/mol. The van der Waals surface area contributed by atoms with E-state index < -0.39 is 5.91 Å². The zero-order valence-electron chi connectivity index (χ0n) is 14.8. The summed E-state index contributed by atoms with van der Waals surface area (Å²) < 4.78 is 5.35. The molecule has 0 unspecified atom stereocenters. The Kier molecular flexibility index (Phi) is 8.47. The van der Waals surface area contributed by atoms with Crippen LogP contribution in [0.1, 0.15) is 34.4 Å². The van der Waals surface area contributed by atoms with Gasteiger partial charge in [-0.3, -0.25) is 9.79 Å². The van der Waals surface area contributed by atoms with E-state index in [0.29, 0.717) is 12.3 Å². The number of primary amides is 1. The maximum atomic E-state index is 11.0. The first-order valence-corrected chi connectivity index (χ1v) is 7.91. The van der Waals surface area contributed by atoms with Gasteiger partial charge in [-0.25, -0.2) is 0 Å². The molecule has 7 heteroatoms. The van der Waals surface area contributed by atoms with Crippen LogP contribution in [-0.2, 0) is 19.5 Å². The number of amides is 1. The molecule has 0 aliphatic heterocycles. The van der Waals surface area contributed by atoms with Crippen LogP contribution in [0.15, 0.2) is 45.8 Å². The highest BCUT2D eigenvalue weighted by atomic mass is 127. The van der Waals surface area contributed by atoms with E-state index in [1.165, 1.54) is 11.1 Å². The number of guanidine groups is 1. The van der Waals surface area contributed by atoms with Gasteiger partial charge in [0.15, 0.2) is 11.7 Å². The molecule has 0 saturated carbocycles. The van der Waals surface area contributed by atoms with E-state index in [4.69, 9.17) is 10.2 Å². The summed E-state index contributed by atoms with van der Waals surface area (Å²) in [7, 11) is 3.70. The molecule has 1 amide bonds. The number of halogens is 1. The number of furan rings is 1. The number of hydrogen-bond donors (Lipinski definition) is 2. The molecule has 0 spiro atoms. The van der Waals surface area contributed by atoms with Gasteiger partial charge in [0.1, 0.15) is 5.76 Å². The molecule has 1 aromatic carbocycles. The molecule has 6 nitrogen and oxygen atoms in total. The van der Waals surface area contributed by atoms with Gasteiger partial charge in [-0.05, 0) is 29.7 Å². The van der Waals surface area contributed by atoms with Crippen molar-refractivity contribution in [3.63, 3.8) is 0 Å². The van der Waals surface area contributed by atoms with Gasteiger partial charge in [-0.2, -0.15) is 0 Å². The van der Waals surface area contributed by atoms with Crippen molar-refractivity contribution < 1.29 is 9.21 Å². The number of benzene rings is 1. The van der Waals surface area contributed by atoms with Gasteiger partial charge in [0.05, 0.1) is 6.54 Å². The minimum atomic E-state index is -0.571. The number of rotatable bonds is 6. The molecule has 25 heavy (non-hydrogen) atoms. The van der Waals surface area contributed by atoms with Crippen LogP contribution in [-0.4, -0.2) is 30.9 Å². The van der Waals surface area contributed by atoms with Gasteiger partial charge in [0, 0.05) is 20.6 Å². The summed E-state index contributed by atoms with van der Waals surface area (Å²) in [6.07, 6.45) is 1.04. The second kappa shape index (κ2) is 10.1. The SMILES string of the molecule is CCc1ccc(CN(C)C(=NC)NCc2ccc(C(N)=O)o2)cc1.I. The van der Waals surface area contributed by atoms with E-state index in [9.17, 15) is 4.79 Å². The van der Waals surface area contributed by atoms with Crippen LogP contribution in [0.25, 0.3) is 0 Å². The van der Waals surface area contributed by atoms with Gasteiger partial charge in [-0.15, -0.1) is 24.0 Å². The lowest BCUT2D eigenvalue weighted by Gasteiger charge is -2.22. The van der Waals surface area contributed by atoms with Crippen molar-refractivity contribution in [1.29, 1.82) is 0 Å². The van der Waals surface area contributed by atoms with E-state index in [0.717, 1.165) is 18.9 Å². The first-order chi connectivity index (χ1) is 11.5. The van der Waals surface area contributed by atoms with Crippen LogP contribution in [0.4, 0.5) is 0 Å². The highest BCUT2D eigenvalue weighted by Crippen LogP contribution is 2.09. The fourth-order valence-electron chi connectivity index (χ4n) is 2.39. The predicted molar refractivity (Wildman–Crippen MR) is 110 cm³/mol. The van der Waals surface area contributed by atoms with E-state index in [-0.39, 0.29) is 29.7 Å². The summed E-state index contributed by atoms with van der Waals surface area (Å²) in [5, 5.41) is 3.21. The fourth-order valence-corrected chi connectivity index (χ4v) is 2.39. The van der Waals surface area contributed by atoms with Crippen molar-refractivity contribution >= 4 is 35.8 Å². The predicted octanol–water partition coefficient (Wildman–Crippen LogP) is 2.77. The lowest BCUT2D eigenvalue weighted by molar-refractivity contribution is 0.0972. The molecule has 0 fully saturated rings. The smallest absolute Gasteiger partial charge is 0.284 e. The van der Waals surface area contributed by atoms with E-state index in [1.54, 1.807) is 19.2 Å². The minimum Gasteiger partial charge on any atom is -0.454 e. The van der Waals surface area contributed by atoms with Crippen LogP contribution >= 0.6 is 24.0 Å². The highest BCUT2D eigenvalue weighted by Gasteiger charge is 2.10. The molecule has 1 aromatic heterocycles. The third-order valence-electron chi connectivity index (χ3n) is 3.75.